The molecule has 0 amide bonds. The van der Waals surface area contributed by atoms with Gasteiger partial charge in [-0.2, -0.15) is 0 Å². The Morgan fingerprint density at radius 1 is 1.11 bits per heavy atom. The molecule has 1 N–H and O–H groups in total. The third-order valence-corrected chi connectivity index (χ3v) is 4.94. The monoisotopic (exact) mass is 255 g/mol. The Morgan fingerprint density at radius 2 is 1.72 bits per heavy atom. The van der Waals surface area contributed by atoms with E-state index in [1.54, 1.807) is 0 Å². The van der Waals surface area contributed by atoms with Crippen molar-refractivity contribution >= 4 is 0 Å². The van der Waals surface area contributed by atoms with E-state index in [-0.39, 0.29) is 5.60 Å². The summed E-state index contributed by atoms with van der Waals surface area (Å²) in [6, 6.07) is 0.519. The number of nitrogens with one attached hydrogen (secondary N) is 1. The highest BCUT2D eigenvalue weighted by Crippen LogP contribution is 2.44. The van der Waals surface area contributed by atoms with E-state index < -0.39 is 0 Å². The normalized spacial score (nSPS) is 23.8. The lowest BCUT2D eigenvalue weighted by molar-refractivity contribution is -0.0868. The molecule has 0 radical (unpaired) electrons. The molecule has 1 atom stereocenters. The second kappa shape index (κ2) is 6.91. The van der Waals surface area contributed by atoms with Gasteiger partial charge >= 0.3 is 0 Å². The molecule has 0 aromatic rings. The Bertz CT molecular complexity index is 227. The van der Waals surface area contributed by atoms with Gasteiger partial charge in [-0.25, -0.2) is 0 Å². The summed E-state index contributed by atoms with van der Waals surface area (Å²) in [5, 5.41) is 3.52. The average Bonchev–Trinajstić information content (AvgIpc) is 2.36. The van der Waals surface area contributed by atoms with Gasteiger partial charge in [-0.3, -0.25) is 0 Å². The summed E-state index contributed by atoms with van der Waals surface area (Å²) in [5.74, 6) is 0. The van der Waals surface area contributed by atoms with Crippen LogP contribution in [0.2, 0.25) is 0 Å². The Kier molecular flexibility index (Phi) is 6.13. The van der Waals surface area contributed by atoms with Crippen molar-refractivity contribution in [3.05, 3.63) is 0 Å². The number of hydrogen-bond acceptors (Lipinski definition) is 2. The number of likely N-dealkylation sites (N-methyl/N-ethyl adjacent to an activating group) is 1. The van der Waals surface area contributed by atoms with Crippen molar-refractivity contribution < 1.29 is 4.74 Å². The van der Waals surface area contributed by atoms with Crippen LogP contribution in [0, 0.1) is 5.41 Å². The third kappa shape index (κ3) is 3.96. The van der Waals surface area contributed by atoms with Gasteiger partial charge < -0.3 is 10.1 Å². The van der Waals surface area contributed by atoms with E-state index in [0.717, 1.165) is 0 Å². The van der Waals surface area contributed by atoms with Crippen LogP contribution >= 0.6 is 0 Å². The molecular weight excluding hydrogens is 222 g/mol. The first-order valence-corrected chi connectivity index (χ1v) is 7.72. The van der Waals surface area contributed by atoms with Crippen LogP contribution in [0.1, 0.15) is 72.1 Å². The summed E-state index contributed by atoms with van der Waals surface area (Å²) in [6.07, 6.45) is 10.2. The van der Waals surface area contributed by atoms with E-state index in [1.807, 2.05) is 7.11 Å². The lowest BCUT2D eigenvalue weighted by atomic mass is 9.67. The smallest absolute Gasteiger partial charge is 0.0831 e. The quantitative estimate of drug-likeness (QED) is 0.690. The minimum Gasteiger partial charge on any atom is -0.377 e. The van der Waals surface area contributed by atoms with Crippen molar-refractivity contribution in [3.63, 3.8) is 0 Å². The molecule has 0 aliphatic heterocycles. The van der Waals surface area contributed by atoms with Crippen molar-refractivity contribution in [2.24, 2.45) is 5.41 Å². The second-order valence-corrected chi connectivity index (χ2v) is 6.77. The number of unbranched alkanes of at least 4 members (excludes halogenated alkanes) is 2. The van der Waals surface area contributed by atoms with Gasteiger partial charge in [0.15, 0.2) is 0 Å². The van der Waals surface area contributed by atoms with E-state index in [0.29, 0.717) is 11.5 Å². The molecule has 1 aliphatic carbocycles. The third-order valence-electron chi connectivity index (χ3n) is 4.94. The molecule has 0 bridgehead atoms. The van der Waals surface area contributed by atoms with Gasteiger partial charge in [-0.05, 0) is 44.6 Å². The lowest BCUT2D eigenvalue weighted by Crippen LogP contribution is -2.53. The van der Waals surface area contributed by atoms with Crippen molar-refractivity contribution in [3.8, 4) is 0 Å². The zero-order valence-corrected chi connectivity index (χ0v) is 13.1. The Morgan fingerprint density at radius 3 is 2.17 bits per heavy atom. The van der Waals surface area contributed by atoms with E-state index in [2.05, 4.69) is 33.1 Å². The van der Waals surface area contributed by atoms with E-state index in [4.69, 9.17) is 4.74 Å². The molecule has 0 heterocycles. The number of hydrogen-bond donors (Lipinski definition) is 1. The van der Waals surface area contributed by atoms with E-state index >= 15 is 0 Å². The zero-order valence-electron chi connectivity index (χ0n) is 13.1. The Balaban J connectivity index is 2.61. The second-order valence-electron chi connectivity index (χ2n) is 6.77. The van der Waals surface area contributed by atoms with Crippen LogP contribution in [-0.2, 0) is 4.74 Å². The van der Waals surface area contributed by atoms with Gasteiger partial charge in [0.2, 0.25) is 0 Å². The molecule has 0 aromatic heterocycles. The van der Waals surface area contributed by atoms with Crippen molar-refractivity contribution in [2.75, 3.05) is 14.2 Å². The van der Waals surface area contributed by atoms with Gasteiger partial charge in [-0.15, -0.1) is 0 Å². The maximum absolute atomic E-state index is 5.99. The Hall–Kier alpha value is -0.0800. The van der Waals surface area contributed by atoms with Crippen LogP contribution in [0.25, 0.3) is 0 Å². The fourth-order valence-electron chi connectivity index (χ4n) is 3.31. The first kappa shape index (κ1) is 16.0. The summed E-state index contributed by atoms with van der Waals surface area (Å²) in [5.41, 5.74) is 0.585. The molecule has 1 fully saturated rings. The van der Waals surface area contributed by atoms with Crippen LogP contribution in [0.5, 0.6) is 0 Å². The number of methoxy groups -OCH3 is 1. The van der Waals surface area contributed by atoms with Crippen LogP contribution in [-0.4, -0.2) is 25.8 Å². The molecule has 18 heavy (non-hydrogen) atoms. The molecule has 0 saturated heterocycles. The van der Waals surface area contributed by atoms with Crippen LogP contribution < -0.4 is 5.32 Å². The molecule has 0 spiro atoms. The SMILES string of the molecule is CCCCCC(NC)C1(OC)CCC(C)(C)CC1. The standard InChI is InChI=1S/C16H33NO/c1-6-7-8-9-14(17-4)16(18-5)12-10-15(2,3)11-13-16/h14,17H,6-13H2,1-5H3. The summed E-state index contributed by atoms with van der Waals surface area (Å²) in [6.45, 7) is 7.04. The van der Waals surface area contributed by atoms with Crippen LogP contribution in [0.4, 0.5) is 0 Å². The van der Waals surface area contributed by atoms with E-state index in [9.17, 15) is 0 Å². The topological polar surface area (TPSA) is 21.3 Å². The van der Waals surface area contributed by atoms with Gasteiger partial charge in [0.1, 0.15) is 0 Å². The van der Waals surface area contributed by atoms with Gasteiger partial charge in [-0.1, -0.05) is 40.0 Å². The molecule has 1 aliphatic rings. The molecule has 1 saturated carbocycles. The summed E-state index contributed by atoms with van der Waals surface area (Å²) in [7, 11) is 4.00. The molecular formula is C16H33NO. The Labute approximate surface area is 114 Å². The predicted octanol–water partition coefficient (Wildman–Crippen LogP) is 4.14. The fraction of sp³-hybridized carbons (Fsp3) is 1.00. The summed E-state index contributed by atoms with van der Waals surface area (Å²) >= 11 is 0. The van der Waals surface area contributed by atoms with Crippen LogP contribution in [0.3, 0.4) is 0 Å². The maximum atomic E-state index is 5.99. The average molecular weight is 255 g/mol. The van der Waals surface area contributed by atoms with Gasteiger partial charge in [0.25, 0.3) is 0 Å². The summed E-state index contributed by atoms with van der Waals surface area (Å²) < 4.78 is 5.99. The van der Waals surface area contributed by atoms with Crippen LogP contribution in [0.15, 0.2) is 0 Å². The minimum atomic E-state index is 0.0814. The van der Waals surface area contributed by atoms with Gasteiger partial charge in [0, 0.05) is 13.2 Å². The lowest BCUT2D eigenvalue weighted by Gasteiger charge is -2.47. The van der Waals surface area contributed by atoms with E-state index in [1.165, 1.54) is 51.4 Å². The predicted molar refractivity (Wildman–Crippen MR) is 79.0 cm³/mol. The van der Waals surface area contributed by atoms with Crippen molar-refractivity contribution in [2.45, 2.75) is 83.8 Å². The largest absolute Gasteiger partial charge is 0.377 e. The highest BCUT2D eigenvalue weighted by atomic mass is 16.5. The maximum Gasteiger partial charge on any atom is 0.0831 e. The first-order valence-electron chi connectivity index (χ1n) is 7.72. The fourth-order valence-corrected chi connectivity index (χ4v) is 3.31. The summed E-state index contributed by atoms with van der Waals surface area (Å²) in [4.78, 5) is 0. The molecule has 2 heteroatoms. The molecule has 1 unspecified atom stereocenters. The van der Waals surface area contributed by atoms with Crippen molar-refractivity contribution in [1.29, 1.82) is 0 Å². The minimum absolute atomic E-state index is 0.0814. The van der Waals surface area contributed by atoms with Gasteiger partial charge in [0.05, 0.1) is 5.60 Å². The zero-order chi connectivity index (χ0) is 13.6. The molecule has 108 valence electrons. The highest BCUT2D eigenvalue weighted by molar-refractivity contribution is 4.98. The number of ether oxygens (including phenoxy) is 1. The van der Waals surface area contributed by atoms with Crippen molar-refractivity contribution in [1.82, 2.24) is 5.32 Å². The molecule has 2 nitrogen and oxygen atoms in total. The first-order chi connectivity index (χ1) is 8.49. The molecule has 0 aromatic carbocycles. The highest BCUT2D eigenvalue weighted by Gasteiger charge is 2.43. The molecule has 1 rings (SSSR count). The number of rotatable bonds is 7.